The monoisotopic (exact) mass is 228 g/mol. The Kier molecular flexibility index (Phi) is 2.86. The van der Waals surface area contributed by atoms with E-state index in [4.69, 9.17) is 0 Å². The molecule has 0 bridgehead atoms. The molecule has 2 heterocycles. The molecule has 90 valence electrons. The van der Waals surface area contributed by atoms with Crippen molar-refractivity contribution in [2.75, 3.05) is 32.8 Å². The van der Waals surface area contributed by atoms with E-state index >= 15 is 0 Å². The third kappa shape index (κ3) is 2.03. The number of carbonyl (C=O) groups excluding carboxylic acids is 2. The summed E-state index contributed by atoms with van der Waals surface area (Å²) in [5.74, 6) is -0.249. The number of ether oxygens (including phenoxy) is 1. The number of rotatable bonds is 3. The zero-order valence-corrected chi connectivity index (χ0v) is 9.31. The highest BCUT2D eigenvalue weighted by Crippen LogP contribution is 2.23. The molecule has 2 aliphatic heterocycles. The van der Waals surface area contributed by atoms with Crippen LogP contribution in [0.15, 0.2) is 0 Å². The minimum atomic E-state index is -0.647. The molecule has 0 unspecified atom stereocenters. The molecule has 0 atom stereocenters. The van der Waals surface area contributed by atoms with Gasteiger partial charge in [0.2, 0.25) is 5.91 Å². The van der Waals surface area contributed by atoms with Gasteiger partial charge >= 0.3 is 6.09 Å². The summed E-state index contributed by atoms with van der Waals surface area (Å²) in [6.07, 6.45) is 0.125. The average molecular weight is 228 g/mol. The third-order valence-electron chi connectivity index (χ3n) is 3.11. The first kappa shape index (κ1) is 11.3. The van der Waals surface area contributed by atoms with Crippen LogP contribution in [0.3, 0.4) is 0 Å². The maximum absolute atomic E-state index is 11.7. The summed E-state index contributed by atoms with van der Waals surface area (Å²) in [7, 11) is 0. The summed E-state index contributed by atoms with van der Waals surface area (Å²) >= 11 is 0. The molecular formula is C10H16N2O4. The topological polar surface area (TPSA) is 70.1 Å². The maximum Gasteiger partial charge on any atom is 0.416 e. The standard InChI is InChI=1S/C10H16N2O4/c1-2-10(15)6-11(7-10)5-8(13)12-3-4-16-9(12)14/h15H,2-7H2,1H3. The molecule has 2 aliphatic rings. The van der Waals surface area contributed by atoms with Gasteiger partial charge in [-0.05, 0) is 6.42 Å². The van der Waals surface area contributed by atoms with Gasteiger partial charge in [0, 0.05) is 13.1 Å². The predicted molar refractivity (Wildman–Crippen MR) is 54.7 cm³/mol. The van der Waals surface area contributed by atoms with Crippen LogP contribution in [0.4, 0.5) is 4.79 Å². The minimum absolute atomic E-state index is 0.178. The SMILES string of the molecule is CCC1(O)CN(CC(=O)N2CCOC2=O)C1. The number of aliphatic hydroxyl groups is 1. The van der Waals surface area contributed by atoms with Crippen molar-refractivity contribution >= 4 is 12.0 Å². The molecule has 2 rings (SSSR count). The highest BCUT2D eigenvalue weighted by molar-refractivity contribution is 5.94. The Hall–Kier alpha value is -1.14. The molecule has 0 aromatic carbocycles. The van der Waals surface area contributed by atoms with Crippen molar-refractivity contribution in [2.24, 2.45) is 0 Å². The van der Waals surface area contributed by atoms with E-state index in [1.165, 1.54) is 0 Å². The number of nitrogens with zero attached hydrogens (tertiary/aromatic N) is 2. The molecule has 2 saturated heterocycles. The lowest BCUT2D eigenvalue weighted by molar-refractivity contribution is -0.138. The largest absolute Gasteiger partial charge is 0.447 e. The lowest BCUT2D eigenvalue weighted by Gasteiger charge is -2.45. The van der Waals surface area contributed by atoms with Crippen LogP contribution in [0.5, 0.6) is 0 Å². The van der Waals surface area contributed by atoms with Gasteiger partial charge in [-0.15, -0.1) is 0 Å². The molecule has 6 heteroatoms. The molecule has 6 nitrogen and oxygen atoms in total. The Morgan fingerprint density at radius 1 is 1.56 bits per heavy atom. The van der Waals surface area contributed by atoms with E-state index in [0.29, 0.717) is 26.1 Å². The van der Waals surface area contributed by atoms with Crippen LogP contribution in [0, 0.1) is 0 Å². The fraction of sp³-hybridized carbons (Fsp3) is 0.800. The zero-order valence-electron chi connectivity index (χ0n) is 9.31. The van der Waals surface area contributed by atoms with Gasteiger partial charge in [0.05, 0.1) is 18.7 Å². The van der Waals surface area contributed by atoms with Crippen LogP contribution >= 0.6 is 0 Å². The molecule has 16 heavy (non-hydrogen) atoms. The Balaban J connectivity index is 1.79. The second-order valence-corrected chi connectivity index (χ2v) is 4.38. The number of β-amino-alcohol motifs (C(OH)–C–C–N with tert-alkyl or cyclic N) is 1. The van der Waals surface area contributed by atoms with Crippen molar-refractivity contribution in [3.63, 3.8) is 0 Å². The van der Waals surface area contributed by atoms with Crippen LogP contribution in [-0.4, -0.2) is 65.3 Å². The quantitative estimate of drug-likeness (QED) is 0.700. The Morgan fingerprint density at radius 2 is 2.25 bits per heavy atom. The summed E-state index contributed by atoms with van der Waals surface area (Å²) in [6.45, 7) is 3.71. The molecule has 0 radical (unpaired) electrons. The second-order valence-electron chi connectivity index (χ2n) is 4.38. The van der Waals surface area contributed by atoms with Crippen molar-refractivity contribution in [1.82, 2.24) is 9.80 Å². The van der Waals surface area contributed by atoms with Crippen molar-refractivity contribution in [3.8, 4) is 0 Å². The highest BCUT2D eigenvalue weighted by Gasteiger charge is 2.41. The average Bonchev–Trinajstić information content (AvgIpc) is 2.61. The van der Waals surface area contributed by atoms with E-state index in [1.807, 2.05) is 11.8 Å². The van der Waals surface area contributed by atoms with Crippen LogP contribution in [-0.2, 0) is 9.53 Å². The van der Waals surface area contributed by atoms with E-state index in [1.54, 1.807) is 0 Å². The van der Waals surface area contributed by atoms with Gasteiger partial charge in [0.1, 0.15) is 6.61 Å². The fourth-order valence-corrected chi connectivity index (χ4v) is 2.02. The van der Waals surface area contributed by atoms with E-state index in [2.05, 4.69) is 4.74 Å². The number of hydrogen-bond acceptors (Lipinski definition) is 5. The first-order valence-corrected chi connectivity index (χ1v) is 5.46. The van der Waals surface area contributed by atoms with Gasteiger partial charge in [-0.2, -0.15) is 0 Å². The first-order valence-electron chi connectivity index (χ1n) is 5.46. The highest BCUT2D eigenvalue weighted by atomic mass is 16.6. The summed E-state index contributed by atoms with van der Waals surface area (Å²) < 4.78 is 4.68. The van der Waals surface area contributed by atoms with Crippen molar-refractivity contribution in [1.29, 1.82) is 0 Å². The van der Waals surface area contributed by atoms with Gasteiger partial charge in [0.25, 0.3) is 0 Å². The fourth-order valence-electron chi connectivity index (χ4n) is 2.02. The van der Waals surface area contributed by atoms with Gasteiger partial charge < -0.3 is 9.84 Å². The van der Waals surface area contributed by atoms with E-state index in [0.717, 1.165) is 4.90 Å². The summed E-state index contributed by atoms with van der Waals surface area (Å²) in [6, 6.07) is 0. The van der Waals surface area contributed by atoms with Gasteiger partial charge in [-0.3, -0.25) is 9.69 Å². The minimum Gasteiger partial charge on any atom is -0.447 e. The van der Waals surface area contributed by atoms with Crippen LogP contribution in [0.2, 0.25) is 0 Å². The molecule has 0 saturated carbocycles. The number of imide groups is 1. The van der Waals surface area contributed by atoms with E-state index < -0.39 is 11.7 Å². The number of carbonyl (C=O) groups is 2. The molecule has 2 fully saturated rings. The number of hydrogen-bond donors (Lipinski definition) is 1. The second kappa shape index (κ2) is 4.03. The van der Waals surface area contributed by atoms with Crippen LogP contribution < -0.4 is 0 Å². The van der Waals surface area contributed by atoms with Crippen molar-refractivity contribution < 1.29 is 19.4 Å². The van der Waals surface area contributed by atoms with E-state index in [9.17, 15) is 14.7 Å². The molecule has 2 amide bonds. The smallest absolute Gasteiger partial charge is 0.416 e. The number of cyclic esters (lactones) is 1. The summed E-state index contributed by atoms with van der Waals surface area (Å²) in [5.41, 5.74) is -0.647. The van der Waals surface area contributed by atoms with Crippen LogP contribution in [0.25, 0.3) is 0 Å². The first-order chi connectivity index (χ1) is 7.54. The third-order valence-corrected chi connectivity index (χ3v) is 3.11. The zero-order chi connectivity index (χ0) is 11.8. The number of amides is 2. The Bertz CT molecular complexity index is 312. The van der Waals surface area contributed by atoms with Crippen LogP contribution in [0.1, 0.15) is 13.3 Å². The molecular weight excluding hydrogens is 212 g/mol. The summed E-state index contributed by atoms with van der Waals surface area (Å²) in [4.78, 5) is 25.7. The molecule has 1 N–H and O–H groups in total. The summed E-state index contributed by atoms with van der Waals surface area (Å²) in [5, 5.41) is 9.76. The Labute approximate surface area is 93.8 Å². The van der Waals surface area contributed by atoms with E-state index in [-0.39, 0.29) is 19.1 Å². The van der Waals surface area contributed by atoms with Gasteiger partial charge in [-0.1, -0.05) is 6.92 Å². The molecule has 0 aliphatic carbocycles. The van der Waals surface area contributed by atoms with Crippen molar-refractivity contribution in [2.45, 2.75) is 18.9 Å². The lowest BCUT2D eigenvalue weighted by atomic mass is 9.91. The maximum atomic E-state index is 11.7. The molecule has 0 spiro atoms. The van der Waals surface area contributed by atoms with Gasteiger partial charge in [-0.25, -0.2) is 9.69 Å². The Morgan fingerprint density at radius 3 is 2.75 bits per heavy atom. The van der Waals surface area contributed by atoms with Crippen molar-refractivity contribution in [3.05, 3.63) is 0 Å². The normalized spacial score (nSPS) is 24.1. The lowest BCUT2D eigenvalue weighted by Crippen LogP contribution is -2.63. The number of likely N-dealkylation sites (tertiary alicyclic amines) is 1. The predicted octanol–water partition coefficient (Wildman–Crippen LogP) is -0.578. The van der Waals surface area contributed by atoms with Gasteiger partial charge in [0.15, 0.2) is 0 Å². The molecule has 0 aromatic heterocycles. The molecule has 0 aromatic rings.